The van der Waals surface area contributed by atoms with Crippen molar-refractivity contribution < 1.29 is 9.53 Å². The molecule has 2 amide bonds. The van der Waals surface area contributed by atoms with Crippen LogP contribution < -0.4 is 20.9 Å². The summed E-state index contributed by atoms with van der Waals surface area (Å²) in [6.07, 6.45) is 5.60. The van der Waals surface area contributed by atoms with Crippen LogP contribution in [0.5, 0.6) is 5.75 Å². The van der Waals surface area contributed by atoms with Gasteiger partial charge in [0.15, 0.2) is 0 Å². The Morgan fingerprint density at radius 3 is 2.75 bits per heavy atom. The molecule has 1 aliphatic rings. The molecule has 32 heavy (non-hydrogen) atoms. The maximum absolute atomic E-state index is 12.6. The number of carbonyl (C=O) groups is 1. The van der Waals surface area contributed by atoms with E-state index in [9.17, 15) is 9.59 Å². The number of aromatic nitrogens is 4. The number of fused-ring (bicyclic) bond motifs is 1. The number of nitrogens with zero attached hydrogens (tertiary/aromatic N) is 3. The van der Waals surface area contributed by atoms with E-state index in [-0.39, 0.29) is 5.56 Å². The highest BCUT2D eigenvalue weighted by Gasteiger charge is 2.19. The van der Waals surface area contributed by atoms with E-state index in [1.165, 1.54) is 4.68 Å². The molecule has 9 nitrogen and oxygen atoms in total. The predicted octanol–water partition coefficient (Wildman–Crippen LogP) is 3.97. The Morgan fingerprint density at radius 2 is 1.97 bits per heavy atom. The van der Waals surface area contributed by atoms with Gasteiger partial charge in [-0.2, -0.15) is 9.78 Å². The Labute approximate surface area is 186 Å². The number of unbranched alkanes of at least 4 members (excludes halogenated alkanes) is 1. The monoisotopic (exact) mass is 436 g/mol. The second-order valence-corrected chi connectivity index (χ2v) is 7.91. The number of hydrogen-bond acceptors (Lipinski definition) is 5. The minimum Gasteiger partial charge on any atom is -0.494 e. The van der Waals surface area contributed by atoms with Gasteiger partial charge in [-0.1, -0.05) is 13.3 Å². The molecule has 3 aromatic rings. The molecule has 1 aromatic carbocycles. The molecule has 0 saturated heterocycles. The fraction of sp³-hybridized carbons (Fsp3) is 0.391. The average molecular weight is 437 g/mol. The molecule has 0 saturated carbocycles. The Hall–Kier alpha value is -3.62. The van der Waals surface area contributed by atoms with Gasteiger partial charge in [-0.15, -0.1) is 0 Å². The van der Waals surface area contributed by atoms with Crippen LogP contribution in [0.3, 0.4) is 0 Å². The van der Waals surface area contributed by atoms with Gasteiger partial charge in [-0.25, -0.2) is 9.78 Å². The number of carbonyl (C=O) groups excluding carboxylic acids is 1. The molecule has 168 valence electrons. The van der Waals surface area contributed by atoms with Crippen molar-refractivity contribution in [2.75, 3.05) is 17.2 Å². The van der Waals surface area contributed by atoms with Crippen molar-refractivity contribution in [3.05, 3.63) is 57.6 Å². The zero-order valence-corrected chi connectivity index (χ0v) is 18.4. The summed E-state index contributed by atoms with van der Waals surface area (Å²) < 4.78 is 7.10. The third-order valence-corrected chi connectivity index (χ3v) is 5.33. The molecule has 4 rings (SSSR count). The van der Waals surface area contributed by atoms with Crippen molar-refractivity contribution in [1.82, 2.24) is 19.7 Å². The molecule has 0 fully saturated rings. The fourth-order valence-corrected chi connectivity index (χ4v) is 3.69. The Kier molecular flexibility index (Phi) is 6.53. The third kappa shape index (κ3) is 4.99. The van der Waals surface area contributed by atoms with E-state index in [4.69, 9.17) is 4.74 Å². The molecular weight excluding hydrogens is 408 g/mol. The number of benzene rings is 1. The molecule has 9 heteroatoms. The van der Waals surface area contributed by atoms with Crippen molar-refractivity contribution in [3.63, 3.8) is 0 Å². The van der Waals surface area contributed by atoms with Crippen LogP contribution in [0.2, 0.25) is 0 Å². The summed E-state index contributed by atoms with van der Waals surface area (Å²) in [5, 5.41) is 9.99. The standard InChI is InChI=1S/C23H28N6O3/c1-3-4-13-32-17-11-9-16(10-12-17)24-23(31)26-20-14-15(2)28-29(20)22-25-19-8-6-5-7-18(19)21(30)27-22/h9-12,14H,3-8,13H2,1-2H3,(H2,24,26,31)(H,25,27,30). The van der Waals surface area contributed by atoms with E-state index in [2.05, 4.69) is 32.6 Å². The molecule has 1 aliphatic carbocycles. The van der Waals surface area contributed by atoms with Crippen molar-refractivity contribution in [2.45, 2.75) is 52.4 Å². The molecule has 0 bridgehead atoms. The largest absolute Gasteiger partial charge is 0.494 e. The number of hydrogen-bond donors (Lipinski definition) is 3. The van der Waals surface area contributed by atoms with Gasteiger partial charge in [0, 0.05) is 17.3 Å². The number of nitrogens with one attached hydrogen (secondary N) is 3. The summed E-state index contributed by atoms with van der Waals surface area (Å²) in [5.74, 6) is 1.48. The van der Waals surface area contributed by atoms with Gasteiger partial charge in [0.05, 0.1) is 18.0 Å². The lowest BCUT2D eigenvalue weighted by Gasteiger charge is -2.15. The fourth-order valence-electron chi connectivity index (χ4n) is 3.69. The number of rotatable bonds is 7. The topological polar surface area (TPSA) is 114 Å². The molecule has 0 radical (unpaired) electrons. The first-order valence-electron chi connectivity index (χ1n) is 11.0. The van der Waals surface area contributed by atoms with Crippen LogP contribution in [0.25, 0.3) is 5.95 Å². The van der Waals surface area contributed by atoms with E-state index in [1.807, 2.05) is 19.1 Å². The maximum Gasteiger partial charge on any atom is 0.324 e. The number of aryl methyl sites for hydroxylation is 2. The summed E-state index contributed by atoms with van der Waals surface area (Å²) in [5.41, 5.74) is 2.73. The van der Waals surface area contributed by atoms with Gasteiger partial charge in [0.1, 0.15) is 11.6 Å². The molecule has 2 aromatic heterocycles. The quantitative estimate of drug-likeness (QED) is 0.485. The zero-order chi connectivity index (χ0) is 22.5. The lowest BCUT2D eigenvalue weighted by Crippen LogP contribution is -2.25. The summed E-state index contributed by atoms with van der Waals surface area (Å²) >= 11 is 0. The van der Waals surface area contributed by atoms with Crippen LogP contribution in [0.1, 0.15) is 49.6 Å². The third-order valence-electron chi connectivity index (χ3n) is 5.33. The smallest absolute Gasteiger partial charge is 0.324 e. The molecule has 0 aliphatic heterocycles. The lowest BCUT2D eigenvalue weighted by molar-refractivity contribution is 0.262. The minimum atomic E-state index is -0.425. The van der Waals surface area contributed by atoms with Crippen LogP contribution in [-0.4, -0.2) is 32.4 Å². The van der Waals surface area contributed by atoms with E-state index in [0.717, 1.165) is 55.5 Å². The highest BCUT2D eigenvalue weighted by molar-refractivity contribution is 5.99. The summed E-state index contributed by atoms with van der Waals surface area (Å²) in [4.78, 5) is 32.5. The van der Waals surface area contributed by atoms with E-state index < -0.39 is 6.03 Å². The van der Waals surface area contributed by atoms with Crippen molar-refractivity contribution >= 4 is 17.5 Å². The highest BCUT2D eigenvalue weighted by Crippen LogP contribution is 2.20. The molecule has 0 unspecified atom stereocenters. The second-order valence-electron chi connectivity index (χ2n) is 7.91. The number of urea groups is 1. The van der Waals surface area contributed by atoms with Crippen LogP contribution in [0.15, 0.2) is 35.1 Å². The first kappa shape index (κ1) is 21.6. The normalized spacial score (nSPS) is 12.8. The minimum absolute atomic E-state index is 0.144. The van der Waals surface area contributed by atoms with Gasteiger partial charge in [0.2, 0.25) is 5.95 Å². The molecule has 0 spiro atoms. The first-order valence-corrected chi connectivity index (χ1v) is 11.0. The summed E-state index contributed by atoms with van der Waals surface area (Å²) in [6, 6.07) is 8.51. The predicted molar refractivity (Wildman–Crippen MR) is 123 cm³/mol. The van der Waals surface area contributed by atoms with Gasteiger partial charge in [-0.3, -0.25) is 15.1 Å². The number of amides is 2. The number of ether oxygens (including phenoxy) is 1. The Balaban J connectivity index is 1.47. The number of anilines is 2. The van der Waals surface area contributed by atoms with Gasteiger partial charge in [-0.05, 0) is 63.3 Å². The van der Waals surface area contributed by atoms with Crippen molar-refractivity contribution in [3.8, 4) is 11.7 Å². The maximum atomic E-state index is 12.6. The number of aromatic amines is 1. The van der Waals surface area contributed by atoms with E-state index in [1.54, 1.807) is 18.2 Å². The highest BCUT2D eigenvalue weighted by atomic mass is 16.5. The van der Waals surface area contributed by atoms with Crippen LogP contribution in [-0.2, 0) is 12.8 Å². The van der Waals surface area contributed by atoms with Crippen molar-refractivity contribution in [2.24, 2.45) is 0 Å². The molecule has 2 heterocycles. The van der Waals surface area contributed by atoms with Crippen molar-refractivity contribution in [1.29, 1.82) is 0 Å². The van der Waals surface area contributed by atoms with Gasteiger partial charge in [0.25, 0.3) is 5.56 Å². The van der Waals surface area contributed by atoms with E-state index >= 15 is 0 Å². The van der Waals surface area contributed by atoms with Crippen LogP contribution >= 0.6 is 0 Å². The summed E-state index contributed by atoms with van der Waals surface area (Å²) in [6.45, 7) is 4.60. The van der Waals surface area contributed by atoms with Crippen LogP contribution in [0.4, 0.5) is 16.3 Å². The molecule has 3 N–H and O–H groups in total. The number of H-pyrrole nitrogens is 1. The van der Waals surface area contributed by atoms with Gasteiger partial charge < -0.3 is 10.1 Å². The molecule has 0 atom stereocenters. The molecular formula is C23H28N6O3. The van der Waals surface area contributed by atoms with Gasteiger partial charge >= 0.3 is 6.03 Å². The second kappa shape index (κ2) is 9.67. The Bertz CT molecular complexity index is 1150. The summed E-state index contributed by atoms with van der Waals surface area (Å²) in [7, 11) is 0. The SMILES string of the molecule is CCCCOc1ccc(NC(=O)Nc2cc(C)nn2-c2nc3c(c(=O)[nH]2)CCCC3)cc1. The van der Waals surface area contributed by atoms with E-state index in [0.29, 0.717) is 29.8 Å². The lowest BCUT2D eigenvalue weighted by atomic mass is 9.97. The first-order chi connectivity index (χ1) is 15.5. The zero-order valence-electron chi connectivity index (χ0n) is 18.4. The van der Waals surface area contributed by atoms with Crippen LogP contribution in [0, 0.1) is 6.92 Å². The average Bonchev–Trinajstić information content (AvgIpc) is 3.15. The Morgan fingerprint density at radius 1 is 1.19 bits per heavy atom.